The zero-order valence-electron chi connectivity index (χ0n) is 11.8. The number of methoxy groups -OCH3 is 2. The average molecular weight is 270 g/mol. The Labute approximate surface area is 119 Å². The minimum atomic E-state index is -0.243. The monoisotopic (exact) mass is 270 g/mol. The normalized spacial score (nSPS) is 10.1. The van der Waals surface area contributed by atoms with Gasteiger partial charge in [0.05, 0.1) is 20.6 Å². The van der Waals surface area contributed by atoms with E-state index < -0.39 is 0 Å². The van der Waals surface area contributed by atoms with Crippen molar-refractivity contribution in [2.75, 3.05) is 14.2 Å². The molecule has 0 bridgehead atoms. The van der Waals surface area contributed by atoms with Gasteiger partial charge in [0.15, 0.2) is 0 Å². The predicted octanol–water partition coefficient (Wildman–Crippen LogP) is 3.00. The smallest absolute Gasteiger partial charge is 0.309 e. The highest BCUT2D eigenvalue weighted by atomic mass is 16.5. The van der Waals surface area contributed by atoms with Gasteiger partial charge >= 0.3 is 5.97 Å². The lowest BCUT2D eigenvalue weighted by molar-refractivity contribution is -0.139. The molecule has 0 amide bonds. The number of hydrogen-bond donors (Lipinski definition) is 0. The molecule has 20 heavy (non-hydrogen) atoms. The molecule has 0 aliphatic carbocycles. The molecule has 0 atom stereocenters. The van der Waals surface area contributed by atoms with Gasteiger partial charge in [-0.2, -0.15) is 0 Å². The van der Waals surface area contributed by atoms with Crippen LogP contribution < -0.4 is 4.74 Å². The zero-order chi connectivity index (χ0) is 14.4. The van der Waals surface area contributed by atoms with Gasteiger partial charge < -0.3 is 9.47 Å². The lowest BCUT2D eigenvalue weighted by Crippen LogP contribution is -2.07. The Hall–Kier alpha value is -2.29. The number of carbonyl (C=O) groups excluding carboxylic acids is 1. The molecule has 0 radical (unpaired) electrons. The van der Waals surface area contributed by atoms with Gasteiger partial charge in [-0.1, -0.05) is 36.4 Å². The molecule has 104 valence electrons. The molecule has 0 saturated heterocycles. The molecule has 2 aromatic carbocycles. The highest BCUT2D eigenvalue weighted by Crippen LogP contribution is 2.21. The minimum Gasteiger partial charge on any atom is -0.497 e. The maximum Gasteiger partial charge on any atom is 0.309 e. The van der Waals surface area contributed by atoms with Gasteiger partial charge in [-0.25, -0.2) is 0 Å². The lowest BCUT2D eigenvalue weighted by Gasteiger charge is -2.11. The van der Waals surface area contributed by atoms with E-state index in [0.717, 1.165) is 23.3 Å². The summed E-state index contributed by atoms with van der Waals surface area (Å²) in [5.41, 5.74) is 3.27. The molecular formula is C17H18O3. The first kappa shape index (κ1) is 14.1. The van der Waals surface area contributed by atoms with Gasteiger partial charge in [0.1, 0.15) is 5.75 Å². The van der Waals surface area contributed by atoms with Crippen molar-refractivity contribution in [1.82, 2.24) is 0 Å². The molecule has 0 aromatic heterocycles. The summed E-state index contributed by atoms with van der Waals surface area (Å²) in [5.74, 6) is 0.508. The molecule has 0 unspecified atom stereocenters. The Morgan fingerprint density at radius 2 is 1.75 bits per heavy atom. The fourth-order valence-electron chi connectivity index (χ4n) is 2.11. The summed E-state index contributed by atoms with van der Waals surface area (Å²) < 4.78 is 9.98. The molecule has 0 fully saturated rings. The number of esters is 1. The SMILES string of the molecule is COC(=O)Cc1cc(OC)ccc1Cc1ccccc1. The number of hydrogen-bond acceptors (Lipinski definition) is 3. The highest BCUT2D eigenvalue weighted by Gasteiger charge is 2.10. The second-order valence-corrected chi connectivity index (χ2v) is 4.55. The second-order valence-electron chi connectivity index (χ2n) is 4.55. The van der Waals surface area contributed by atoms with Gasteiger partial charge in [0.25, 0.3) is 0 Å². The molecule has 0 N–H and O–H groups in total. The van der Waals surface area contributed by atoms with Crippen LogP contribution in [0.4, 0.5) is 0 Å². The Kier molecular flexibility index (Phi) is 4.77. The van der Waals surface area contributed by atoms with Crippen molar-refractivity contribution in [2.24, 2.45) is 0 Å². The molecule has 0 spiro atoms. The first-order chi connectivity index (χ1) is 9.72. The Balaban J connectivity index is 2.28. The topological polar surface area (TPSA) is 35.5 Å². The van der Waals surface area contributed by atoms with Crippen LogP contribution in [0.2, 0.25) is 0 Å². The van der Waals surface area contributed by atoms with Crippen molar-refractivity contribution >= 4 is 5.97 Å². The first-order valence-corrected chi connectivity index (χ1v) is 6.49. The largest absolute Gasteiger partial charge is 0.497 e. The fraction of sp³-hybridized carbons (Fsp3) is 0.235. The predicted molar refractivity (Wildman–Crippen MR) is 78.0 cm³/mol. The van der Waals surface area contributed by atoms with E-state index in [0.29, 0.717) is 0 Å². The summed E-state index contributed by atoms with van der Waals surface area (Å²) in [5, 5.41) is 0. The Morgan fingerprint density at radius 1 is 1.00 bits per heavy atom. The lowest BCUT2D eigenvalue weighted by atomic mass is 9.97. The second kappa shape index (κ2) is 6.75. The summed E-state index contributed by atoms with van der Waals surface area (Å²) in [6.45, 7) is 0. The third-order valence-corrected chi connectivity index (χ3v) is 3.21. The average Bonchev–Trinajstić information content (AvgIpc) is 2.50. The number of carbonyl (C=O) groups is 1. The van der Waals surface area contributed by atoms with Crippen LogP contribution in [-0.4, -0.2) is 20.2 Å². The van der Waals surface area contributed by atoms with Crippen LogP contribution in [0.1, 0.15) is 16.7 Å². The van der Waals surface area contributed by atoms with Gasteiger partial charge in [-0.15, -0.1) is 0 Å². The van der Waals surface area contributed by atoms with Crippen molar-refractivity contribution in [2.45, 2.75) is 12.8 Å². The van der Waals surface area contributed by atoms with E-state index in [2.05, 4.69) is 12.1 Å². The third kappa shape index (κ3) is 3.60. The number of ether oxygens (including phenoxy) is 2. The van der Waals surface area contributed by atoms with E-state index in [-0.39, 0.29) is 12.4 Å². The van der Waals surface area contributed by atoms with E-state index in [1.54, 1.807) is 7.11 Å². The van der Waals surface area contributed by atoms with E-state index in [1.165, 1.54) is 12.7 Å². The summed E-state index contributed by atoms with van der Waals surface area (Å²) in [7, 11) is 3.02. The van der Waals surface area contributed by atoms with E-state index in [9.17, 15) is 4.79 Å². The summed E-state index contributed by atoms with van der Waals surface area (Å²) in [6.07, 6.45) is 1.05. The molecule has 3 heteroatoms. The standard InChI is InChI=1S/C17H18O3/c1-19-16-9-8-14(10-13-6-4-3-5-7-13)15(11-16)12-17(18)20-2/h3-9,11H,10,12H2,1-2H3. The van der Waals surface area contributed by atoms with Crippen LogP contribution in [0, 0.1) is 0 Å². The summed E-state index contributed by atoms with van der Waals surface area (Å²) in [6, 6.07) is 16.0. The van der Waals surface area contributed by atoms with Crippen LogP contribution in [0.25, 0.3) is 0 Å². The maximum atomic E-state index is 11.5. The molecule has 0 saturated carbocycles. The number of rotatable bonds is 5. The van der Waals surface area contributed by atoms with Crippen LogP contribution in [0.15, 0.2) is 48.5 Å². The van der Waals surface area contributed by atoms with Gasteiger partial charge in [-0.3, -0.25) is 4.79 Å². The third-order valence-electron chi connectivity index (χ3n) is 3.21. The van der Waals surface area contributed by atoms with Crippen LogP contribution >= 0.6 is 0 Å². The molecule has 0 heterocycles. The van der Waals surface area contributed by atoms with E-state index in [1.807, 2.05) is 36.4 Å². The molecular weight excluding hydrogens is 252 g/mol. The maximum absolute atomic E-state index is 11.5. The van der Waals surface area contributed by atoms with Crippen molar-refractivity contribution in [3.05, 3.63) is 65.2 Å². The zero-order valence-corrected chi connectivity index (χ0v) is 11.8. The molecule has 3 nitrogen and oxygen atoms in total. The number of benzene rings is 2. The van der Waals surface area contributed by atoms with Gasteiger partial charge in [0.2, 0.25) is 0 Å². The fourth-order valence-corrected chi connectivity index (χ4v) is 2.11. The first-order valence-electron chi connectivity index (χ1n) is 6.49. The van der Waals surface area contributed by atoms with E-state index >= 15 is 0 Å². The van der Waals surface area contributed by atoms with Crippen molar-refractivity contribution in [3.8, 4) is 5.75 Å². The van der Waals surface area contributed by atoms with Crippen LogP contribution in [-0.2, 0) is 22.4 Å². The molecule has 0 aliphatic heterocycles. The van der Waals surface area contributed by atoms with Gasteiger partial charge in [-0.05, 0) is 35.2 Å². The Morgan fingerprint density at radius 3 is 2.40 bits per heavy atom. The molecule has 2 rings (SSSR count). The minimum absolute atomic E-state index is 0.243. The van der Waals surface area contributed by atoms with Crippen LogP contribution in [0.3, 0.4) is 0 Å². The molecule has 2 aromatic rings. The van der Waals surface area contributed by atoms with Gasteiger partial charge in [0, 0.05) is 0 Å². The quantitative estimate of drug-likeness (QED) is 0.783. The van der Waals surface area contributed by atoms with E-state index in [4.69, 9.17) is 9.47 Å². The molecule has 0 aliphatic rings. The van der Waals surface area contributed by atoms with Crippen molar-refractivity contribution < 1.29 is 14.3 Å². The summed E-state index contributed by atoms with van der Waals surface area (Å²) in [4.78, 5) is 11.5. The van der Waals surface area contributed by atoms with Crippen LogP contribution in [0.5, 0.6) is 5.75 Å². The van der Waals surface area contributed by atoms with Crippen molar-refractivity contribution in [3.63, 3.8) is 0 Å². The Bertz CT molecular complexity index is 576. The van der Waals surface area contributed by atoms with Crippen molar-refractivity contribution in [1.29, 1.82) is 0 Å². The summed E-state index contributed by atoms with van der Waals surface area (Å²) >= 11 is 0. The highest BCUT2D eigenvalue weighted by molar-refractivity contribution is 5.73.